The molecule has 2 aromatic carbocycles. The summed E-state index contributed by atoms with van der Waals surface area (Å²) in [5.41, 5.74) is -1.59. The molecule has 0 aromatic heterocycles. The maximum atomic E-state index is 14.0. The topological polar surface area (TPSA) is 43.8 Å². The number of unbranched alkanes of at least 4 members (excludes halogenated alkanes) is 1. The van der Waals surface area contributed by atoms with E-state index in [1.807, 2.05) is 0 Å². The third kappa shape index (κ3) is 5.73. The van der Waals surface area contributed by atoms with Crippen LogP contribution in [0.2, 0.25) is 0 Å². The van der Waals surface area contributed by atoms with E-state index in [1.54, 1.807) is 19.0 Å². The lowest BCUT2D eigenvalue weighted by Gasteiger charge is -2.42. The predicted octanol–water partition coefficient (Wildman–Crippen LogP) is 4.45. The van der Waals surface area contributed by atoms with Crippen molar-refractivity contribution in [2.45, 2.75) is 37.7 Å². The number of piperidine rings is 1. The Morgan fingerprint density at radius 1 is 0.939 bits per heavy atom. The van der Waals surface area contributed by atoms with Crippen molar-refractivity contribution in [3.8, 4) is 0 Å². The fourth-order valence-corrected chi connectivity index (χ4v) is 4.51. The SMILES string of the molecule is CN(C)C(=O)CCCCN1CCC(C(O)(c2ccc(F)c(F)c2)c2ccc(F)c(F)c2)CC1. The number of hydrogen-bond donors (Lipinski definition) is 1. The van der Waals surface area contributed by atoms with Crippen LogP contribution in [0.1, 0.15) is 43.2 Å². The van der Waals surface area contributed by atoms with E-state index in [9.17, 15) is 27.5 Å². The molecule has 1 fully saturated rings. The van der Waals surface area contributed by atoms with Gasteiger partial charge in [0, 0.05) is 20.5 Å². The van der Waals surface area contributed by atoms with E-state index in [0.717, 1.165) is 43.7 Å². The van der Waals surface area contributed by atoms with Crippen molar-refractivity contribution in [3.63, 3.8) is 0 Å². The number of amides is 1. The lowest BCUT2D eigenvalue weighted by molar-refractivity contribution is -0.128. The van der Waals surface area contributed by atoms with Crippen molar-refractivity contribution in [2.75, 3.05) is 33.7 Å². The van der Waals surface area contributed by atoms with Gasteiger partial charge < -0.3 is 14.9 Å². The van der Waals surface area contributed by atoms with Gasteiger partial charge in [-0.3, -0.25) is 4.79 Å². The average molecular weight is 467 g/mol. The summed E-state index contributed by atoms with van der Waals surface area (Å²) in [7, 11) is 3.46. The van der Waals surface area contributed by atoms with Gasteiger partial charge in [-0.2, -0.15) is 0 Å². The van der Waals surface area contributed by atoms with Crippen molar-refractivity contribution in [1.82, 2.24) is 9.80 Å². The maximum Gasteiger partial charge on any atom is 0.222 e. The Labute approximate surface area is 191 Å². The summed E-state index contributed by atoms with van der Waals surface area (Å²) < 4.78 is 55.1. The number of carbonyl (C=O) groups excluding carboxylic acids is 1. The van der Waals surface area contributed by atoms with Crippen LogP contribution in [0.3, 0.4) is 0 Å². The summed E-state index contributed by atoms with van der Waals surface area (Å²) in [5.74, 6) is -4.63. The first-order valence-electron chi connectivity index (χ1n) is 11.2. The van der Waals surface area contributed by atoms with Crippen LogP contribution < -0.4 is 0 Å². The van der Waals surface area contributed by atoms with Crippen molar-refractivity contribution < 1.29 is 27.5 Å². The quantitative estimate of drug-likeness (QED) is 0.462. The van der Waals surface area contributed by atoms with E-state index in [1.165, 1.54) is 12.1 Å². The first-order chi connectivity index (χ1) is 15.6. The molecule has 2 aromatic rings. The number of nitrogens with zero attached hydrogens (tertiary/aromatic N) is 2. The number of carbonyl (C=O) groups is 1. The van der Waals surface area contributed by atoms with Crippen LogP contribution in [0.15, 0.2) is 36.4 Å². The highest BCUT2D eigenvalue weighted by Crippen LogP contribution is 2.42. The molecule has 4 nitrogen and oxygen atoms in total. The number of aliphatic hydroxyl groups is 1. The molecule has 0 radical (unpaired) electrons. The maximum absolute atomic E-state index is 14.0. The highest BCUT2D eigenvalue weighted by molar-refractivity contribution is 5.75. The van der Waals surface area contributed by atoms with Gasteiger partial charge in [0.2, 0.25) is 5.91 Å². The van der Waals surface area contributed by atoms with Gasteiger partial charge in [0.1, 0.15) is 5.60 Å². The van der Waals surface area contributed by atoms with Crippen molar-refractivity contribution in [3.05, 3.63) is 70.8 Å². The Hall–Kier alpha value is -2.45. The minimum atomic E-state index is -1.80. The van der Waals surface area contributed by atoms with Crippen LogP contribution in [0.25, 0.3) is 0 Å². The van der Waals surface area contributed by atoms with E-state index in [4.69, 9.17) is 0 Å². The van der Waals surface area contributed by atoms with Gasteiger partial charge in [0.25, 0.3) is 0 Å². The molecule has 0 aliphatic carbocycles. The molecule has 3 rings (SSSR count). The van der Waals surface area contributed by atoms with Gasteiger partial charge in [-0.05, 0) is 86.6 Å². The molecule has 0 spiro atoms. The molecule has 1 N–H and O–H groups in total. The minimum absolute atomic E-state index is 0.0943. The van der Waals surface area contributed by atoms with Gasteiger partial charge in [-0.1, -0.05) is 12.1 Å². The highest BCUT2D eigenvalue weighted by atomic mass is 19.2. The van der Waals surface area contributed by atoms with E-state index in [0.29, 0.717) is 32.4 Å². The predicted molar refractivity (Wildman–Crippen MR) is 117 cm³/mol. The van der Waals surface area contributed by atoms with Crippen LogP contribution in [0.5, 0.6) is 0 Å². The molecular formula is C25H30F4N2O2. The molecule has 0 bridgehead atoms. The van der Waals surface area contributed by atoms with Crippen molar-refractivity contribution in [1.29, 1.82) is 0 Å². The zero-order valence-corrected chi connectivity index (χ0v) is 19.0. The number of likely N-dealkylation sites (tertiary alicyclic amines) is 1. The zero-order valence-electron chi connectivity index (χ0n) is 19.0. The standard InChI is InChI=1S/C25H30F4N2O2/c1-30(2)24(32)5-3-4-12-31-13-10-17(11-14-31)25(33,18-6-8-20(26)22(28)15-18)19-7-9-21(27)23(29)16-19/h6-9,15-17,33H,3-5,10-14H2,1-2H3. The monoisotopic (exact) mass is 466 g/mol. The molecule has 0 unspecified atom stereocenters. The molecule has 1 aliphatic heterocycles. The Kier molecular flexibility index (Phi) is 8.13. The molecule has 33 heavy (non-hydrogen) atoms. The molecule has 1 aliphatic rings. The number of rotatable bonds is 8. The molecule has 1 saturated heterocycles. The molecule has 180 valence electrons. The van der Waals surface area contributed by atoms with E-state index < -0.39 is 34.8 Å². The Bertz CT molecular complexity index is 923. The highest BCUT2D eigenvalue weighted by Gasteiger charge is 2.42. The molecule has 8 heteroatoms. The van der Waals surface area contributed by atoms with Gasteiger partial charge in [0.05, 0.1) is 0 Å². The molecule has 1 amide bonds. The van der Waals surface area contributed by atoms with Gasteiger partial charge in [-0.25, -0.2) is 17.6 Å². The largest absolute Gasteiger partial charge is 0.380 e. The molecule has 1 heterocycles. The molecular weight excluding hydrogens is 436 g/mol. The first kappa shape index (κ1) is 25.2. The lowest BCUT2D eigenvalue weighted by atomic mass is 9.72. The second kappa shape index (κ2) is 10.7. The summed E-state index contributed by atoms with van der Waals surface area (Å²) in [5, 5.41) is 11.8. The Morgan fingerprint density at radius 3 is 1.91 bits per heavy atom. The number of hydrogen-bond acceptors (Lipinski definition) is 3. The van der Waals surface area contributed by atoms with E-state index in [2.05, 4.69) is 4.90 Å². The number of halogens is 4. The lowest BCUT2D eigenvalue weighted by Crippen LogP contribution is -2.44. The average Bonchev–Trinajstić information content (AvgIpc) is 2.80. The van der Waals surface area contributed by atoms with E-state index >= 15 is 0 Å². The smallest absolute Gasteiger partial charge is 0.222 e. The van der Waals surface area contributed by atoms with E-state index in [-0.39, 0.29) is 17.0 Å². The Balaban J connectivity index is 1.74. The summed E-state index contributed by atoms with van der Waals surface area (Å²) in [4.78, 5) is 15.5. The third-order valence-corrected chi connectivity index (χ3v) is 6.51. The van der Waals surface area contributed by atoms with Crippen LogP contribution in [0, 0.1) is 29.2 Å². The molecule has 0 atom stereocenters. The summed E-state index contributed by atoms with van der Waals surface area (Å²) in [6.45, 7) is 2.12. The second-order valence-electron chi connectivity index (χ2n) is 8.89. The van der Waals surface area contributed by atoms with Crippen LogP contribution in [-0.4, -0.2) is 54.5 Å². The zero-order chi connectivity index (χ0) is 24.2. The number of benzene rings is 2. The normalized spacial score (nSPS) is 15.6. The fraction of sp³-hybridized carbons (Fsp3) is 0.480. The first-order valence-corrected chi connectivity index (χ1v) is 11.2. The molecule has 0 saturated carbocycles. The van der Waals surface area contributed by atoms with Crippen LogP contribution in [-0.2, 0) is 10.4 Å². The van der Waals surface area contributed by atoms with Crippen LogP contribution in [0.4, 0.5) is 17.6 Å². The van der Waals surface area contributed by atoms with Gasteiger partial charge in [0.15, 0.2) is 23.3 Å². The van der Waals surface area contributed by atoms with Crippen LogP contribution >= 0.6 is 0 Å². The van der Waals surface area contributed by atoms with Crippen molar-refractivity contribution in [2.24, 2.45) is 5.92 Å². The van der Waals surface area contributed by atoms with Crippen molar-refractivity contribution >= 4 is 5.91 Å². The van der Waals surface area contributed by atoms with Gasteiger partial charge in [-0.15, -0.1) is 0 Å². The summed E-state index contributed by atoms with van der Waals surface area (Å²) in [6.07, 6.45) is 3.21. The third-order valence-electron chi connectivity index (χ3n) is 6.51. The van der Waals surface area contributed by atoms with Gasteiger partial charge >= 0.3 is 0 Å². The fourth-order valence-electron chi connectivity index (χ4n) is 4.51. The summed E-state index contributed by atoms with van der Waals surface area (Å²) in [6, 6.07) is 6.27. The second-order valence-corrected chi connectivity index (χ2v) is 8.89. The Morgan fingerprint density at radius 2 is 1.45 bits per heavy atom. The summed E-state index contributed by atoms with van der Waals surface area (Å²) >= 11 is 0. The minimum Gasteiger partial charge on any atom is -0.380 e.